The van der Waals surface area contributed by atoms with E-state index in [-0.39, 0.29) is 22.9 Å². The van der Waals surface area contributed by atoms with Crippen LogP contribution in [0.1, 0.15) is 42.3 Å². The van der Waals surface area contributed by atoms with Crippen LogP contribution in [0.5, 0.6) is 0 Å². The number of Topliss-reactive ketones (excluding diaryl/α,β-unsaturated/α-hetero) is 1. The van der Waals surface area contributed by atoms with Gasteiger partial charge in [-0.3, -0.25) is 20.0 Å². The molecule has 2 N–H and O–H groups in total. The summed E-state index contributed by atoms with van der Waals surface area (Å²) < 4.78 is 0. The lowest BCUT2D eigenvalue weighted by molar-refractivity contribution is -0.114. The second kappa shape index (κ2) is 7.76. The second-order valence-corrected chi connectivity index (χ2v) is 7.39. The van der Waals surface area contributed by atoms with Crippen molar-refractivity contribution in [3.8, 4) is 0 Å². The van der Waals surface area contributed by atoms with Gasteiger partial charge in [0, 0.05) is 18.2 Å². The molecule has 1 heterocycles. The number of anilines is 1. The number of rotatable bonds is 5. The zero-order chi connectivity index (χ0) is 20.3. The number of carbonyl (C=O) groups is 2. The largest absolute Gasteiger partial charge is 0.354 e. The fraction of sp³-hybridized carbons (Fsp3) is 0.273. The van der Waals surface area contributed by atoms with E-state index in [1.54, 1.807) is 31.3 Å². The van der Waals surface area contributed by atoms with E-state index in [2.05, 4.69) is 21.9 Å². The molecule has 0 aliphatic carbocycles. The Balaban J connectivity index is 2.00. The molecule has 0 spiro atoms. The van der Waals surface area contributed by atoms with Crippen LogP contribution in [0.2, 0.25) is 0 Å². The second-order valence-electron chi connectivity index (χ2n) is 7.39. The van der Waals surface area contributed by atoms with Crippen LogP contribution in [0, 0.1) is 0 Å². The van der Waals surface area contributed by atoms with E-state index in [9.17, 15) is 9.59 Å². The van der Waals surface area contributed by atoms with Gasteiger partial charge in [-0.25, -0.2) is 0 Å². The predicted molar refractivity (Wildman–Crippen MR) is 112 cm³/mol. The summed E-state index contributed by atoms with van der Waals surface area (Å²) in [6.45, 7) is 5.60. The summed E-state index contributed by atoms with van der Waals surface area (Å²) in [5, 5.41) is 7.01. The maximum atomic E-state index is 12.6. The molecule has 0 bridgehead atoms. The van der Waals surface area contributed by atoms with Crippen molar-refractivity contribution in [2.45, 2.75) is 32.7 Å². The Morgan fingerprint density at radius 2 is 1.75 bits per heavy atom. The summed E-state index contributed by atoms with van der Waals surface area (Å²) >= 11 is 0. The lowest BCUT2D eigenvalue weighted by atomic mass is 9.85. The van der Waals surface area contributed by atoms with Crippen LogP contribution in [-0.2, 0) is 11.2 Å². The lowest BCUT2D eigenvalue weighted by Crippen LogP contribution is -2.39. The first-order valence-electron chi connectivity index (χ1n) is 9.16. The predicted octanol–water partition coefficient (Wildman–Crippen LogP) is 3.23. The number of hydrogen-bond donors (Lipinski definition) is 2. The van der Waals surface area contributed by atoms with Crippen molar-refractivity contribution >= 4 is 28.8 Å². The van der Waals surface area contributed by atoms with Crippen molar-refractivity contribution in [3.63, 3.8) is 0 Å². The van der Waals surface area contributed by atoms with Crippen LogP contribution in [0.4, 0.5) is 5.69 Å². The molecule has 1 aliphatic heterocycles. The average molecular weight is 376 g/mol. The molecule has 3 rings (SSSR count). The molecule has 2 aromatic carbocycles. The van der Waals surface area contributed by atoms with Crippen molar-refractivity contribution in [2.75, 3.05) is 12.5 Å². The molecular formula is C22H24N4O2. The van der Waals surface area contributed by atoms with E-state index in [4.69, 9.17) is 4.99 Å². The summed E-state index contributed by atoms with van der Waals surface area (Å²) in [6, 6.07) is 14.9. The highest BCUT2D eigenvalue weighted by molar-refractivity contribution is 6.70. The Morgan fingerprint density at radius 1 is 1.07 bits per heavy atom. The summed E-state index contributed by atoms with van der Waals surface area (Å²) in [5.41, 5.74) is 6.72. The molecule has 0 unspecified atom stereocenters. The maximum Gasteiger partial charge on any atom is 0.273 e. The van der Waals surface area contributed by atoms with Crippen LogP contribution < -0.4 is 10.7 Å². The number of fused-ring (bicyclic) bond motifs is 1. The summed E-state index contributed by atoms with van der Waals surface area (Å²) in [6.07, 6.45) is 0.799. The quantitative estimate of drug-likeness (QED) is 0.477. The summed E-state index contributed by atoms with van der Waals surface area (Å²) in [4.78, 5) is 28.8. The lowest BCUT2D eigenvalue weighted by Gasteiger charge is -2.29. The molecule has 144 valence electrons. The molecule has 6 nitrogen and oxygen atoms in total. The van der Waals surface area contributed by atoms with Gasteiger partial charge in [0.15, 0.2) is 11.5 Å². The van der Waals surface area contributed by atoms with Gasteiger partial charge in [0.05, 0.1) is 16.9 Å². The highest BCUT2D eigenvalue weighted by Gasteiger charge is 2.31. The first-order chi connectivity index (χ1) is 13.3. The molecule has 0 atom stereocenters. The summed E-state index contributed by atoms with van der Waals surface area (Å²) in [5.74, 6) is -0.324. The first-order valence-corrected chi connectivity index (χ1v) is 9.16. The number of nitrogens with one attached hydrogen (secondary N) is 2. The number of hydrogen-bond acceptors (Lipinski definition) is 5. The van der Waals surface area contributed by atoms with Crippen molar-refractivity contribution < 1.29 is 9.59 Å². The molecule has 2 aromatic rings. The Kier molecular flexibility index (Phi) is 5.40. The van der Waals surface area contributed by atoms with Gasteiger partial charge in [0.25, 0.3) is 5.91 Å². The number of benzene rings is 2. The average Bonchev–Trinajstić information content (AvgIpc) is 2.67. The fourth-order valence-electron chi connectivity index (χ4n) is 3.18. The van der Waals surface area contributed by atoms with E-state index in [0.717, 1.165) is 17.5 Å². The molecule has 0 aromatic heterocycles. The van der Waals surface area contributed by atoms with E-state index in [1.165, 1.54) is 6.92 Å². The van der Waals surface area contributed by atoms with E-state index >= 15 is 0 Å². The van der Waals surface area contributed by atoms with Crippen molar-refractivity contribution in [1.29, 1.82) is 0 Å². The molecule has 28 heavy (non-hydrogen) atoms. The Hall–Kier alpha value is -3.28. The molecule has 1 amide bonds. The van der Waals surface area contributed by atoms with E-state index in [1.807, 2.05) is 32.0 Å². The normalized spacial score (nSPS) is 15.3. The number of carbonyl (C=O) groups excluding carboxylic acids is 2. The van der Waals surface area contributed by atoms with Crippen LogP contribution in [0.25, 0.3) is 0 Å². The number of aliphatic imine (C=N–C) groups is 1. The van der Waals surface area contributed by atoms with Gasteiger partial charge in [-0.05, 0) is 57.0 Å². The van der Waals surface area contributed by atoms with Crippen molar-refractivity contribution in [2.24, 2.45) is 10.1 Å². The van der Waals surface area contributed by atoms with Gasteiger partial charge in [0.2, 0.25) is 0 Å². The van der Waals surface area contributed by atoms with Crippen LogP contribution >= 0.6 is 0 Å². The van der Waals surface area contributed by atoms with Crippen molar-refractivity contribution in [3.05, 3.63) is 65.2 Å². The van der Waals surface area contributed by atoms with Gasteiger partial charge in [-0.1, -0.05) is 24.3 Å². The zero-order valence-electron chi connectivity index (χ0n) is 16.5. The smallest absolute Gasteiger partial charge is 0.273 e. The third kappa shape index (κ3) is 4.17. The van der Waals surface area contributed by atoms with Crippen LogP contribution in [0.15, 0.2) is 58.6 Å². The van der Waals surface area contributed by atoms with E-state index < -0.39 is 0 Å². The van der Waals surface area contributed by atoms with Crippen LogP contribution in [-0.4, -0.2) is 35.7 Å². The first kappa shape index (κ1) is 19.5. The van der Waals surface area contributed by atoms with E-state index in [0.29, 0.717) is 17.0 Å². The third-order valence-electron chi connectivity index (χ3n) is 4.56. The number of ketones is 1. The SMILES string of the molecule is CNC(=O)C(=NNc1ccc(C(C)=O)cc1)C1=NC(C)(C)Cc2ccccc21. The molecule has 1 aliphatic rings. The number of hydrazone groups is 1. The minimum atomic E-state index is -0.332. The topological polar surface area (TPSA) is 82.9 Å². The van der Waals surface area contributed by atoms with Gasteiger partial charge < -0.3 is 5.32 Å². The zero-order valence-corrected chi connectivity index (χ0v) is 16.5. The van der Waals surface area contributed by atoms with Gasteiger partial charge in [-0.2, -0.15) is 5.10 Å². The highest BCUT2D eigenvalue weighted by atomic mass is 16.2. The number of amides is 1. The summed E-state index contributed by atoms with van der Waals surface area (Å²) in [7, 11) is 1.57. The molecule has 0 fully saturated rings. The Labute approximate surface area is 164 Å². The minimum absolute atomic E-state index is 0.00324. The van der Waals surface area contributed by atoms with Gasteiger partial charge >= 0.3 is 0 Å². The van der Waals surface area contributed by atoms with Crippen molar-refractivity contribution in [1.82, 2.24) is 5.32 Å². The maximum absolute atomic E-state index is 12.6. The fourth-order valence-corrected chi connectivity index (χ4v) is 3.18. The third-order valence-corrected chi connectivity index (χ3v) is 4.56. The Bertz CT molecular complexity index is 972. The molecule has 6 heteroatoms. The minimum Gasteiger partial charge on any atom is -0.354 e. The molecule has 0 saturated heterocycles. The molecule has 0 radical (unpaired) electrons. The van der Waals surface area contributed by atoms with Gasteiger partial charge in [-0.15, -0.1) is 0 Å². The standard InChI is InChI=1S/C22H24N4O2/c1-14(27)15-9-11-17(12-10-15)25-26-20(21(28)23-4)19-18-8-6-5-7-16(18)13-22(2,3)24-19/h5-12,25H,13H2,1-4H3,(H,23,28). The molecule has 0 saturated carbocycles. The molecular weight excluding hydrogens is 352 g/mol. The monoisotopic (exact) mass is 376 g/mol. The number of nitrogens with zero attached hydrogens (tertiary/aromatic N) is 2. The van der Waals surface area contributed by atoms with Gasteiger partial charge in [0.1, 0.15) is 0 Å². The Morgan fingerprint density at radius 3 is 2.39 bits per heavy atom. The van der Waals surface area contributed by atoms with Crippen LogP contribution in [0.3, 0.4) is 0 Å². The highest BCUT2D eigenvalue weighted by Crippen LogP contribution is 2.27.